The molecule has 1 heterocycles. The molecule has 0 saturated heterocycles. The minimum absolute atomic E-state index is 0.0666. The van der Waals surface area contributed by atoms with Gasteiger partial charge in [0.1, 0.15) is 0 Å². The molecule has 9 heteroatoms. The maximum absolute atomic E-state index is 12.3. The van der Waals surface area contributed by atoms with Crippen molar-refractivity contribution in [1.29, 1.82) is 0 Å². The van der Waals surface area contributed by atoms with E-state index in [2.05, 4.69) is 10.6 Å². The number of fused-ring (bicyclic) bond motifs is 1. The number of nitrogens with zero attached hydrogens (tertiary/aromatic N) is 1. The van der Waals surface area contributed by atoms with E-state index in [0.29, 0.717) is 28.5 Å². The Balaban J connectivity index is 1.82. The van der Waals surface area contributed by atoms with Gasteiger partial charge in [0.15, 0.2) is 11.5 Å². The number of amides is 3. The zero-order valence-corrected chi connectivity index (χ0v) is 15.3. The van der Waals surface area contributed by atoms with Crippen LogP contribution in [0.25, 0.3) is 0 Å². The maximum Gasteiger partial charge on any atom is 0.252 e. The third-order valence-corrected chi connectivity index (χ3v) is 4.20. The highest BCUT2D eigenvalue weighted by Gasteiger charge is 2.21. The summed E-state index contributed by atoms with van der Waals surface area (Å²) >= 11 is 0. The number of carbonyl (C=O) groups excluding carboxylic acids is 3. The van der Waals surface area contributed by atoms with Gasteiger partial charge in [0.2, 0.25) is 19.1 Å². The molecule has 1 atom stereocenters. The van der Waals surface area contributed by atoms with Gasteiger partial charge in [0.25, 0.3) is 5.91 Å². The van der Waals surface area contributed by atoms with Crippen molar-refractivity contribution in [3.05, 3.63) is 23.8 Å². The van der Waals surface area contributed by atoms with Gasteiger partial charge in [-0.2, -0.15) is 0 Å². The van der Waals surface area contributed by atoms with Crippen LogP contribution in [-0.2, 0) is 9.59 Å². The molecule has 0 bridgehead atoms. The van der Waals surface area contributed by atoms with Gasteiger partial charge in [-0.3, -0.25) is 19.6 Å². The number of carbonyl (C=O) groups is 3. The summed E-state index contributed by atoms with van der Waals surface area (Å²) in [6.07, 6.45) is 3.57. The van der Waals surface area contributed by atoms with Gasteiger partial charge in [-0.1, -0.05) is 26.2 Å². The second kappa shape index (κ2) is 10.4. The molecular weight excluding hydrogens is 354 g/mol. The van der Waals surface area contributed by atoms with Crippen molar-refractivity contribution in [3.8, 4) is 11.5 Å². The summed E-state index contributed by atoms with van der Waals surface area (Å²) in [7, 11) is 0. The van der Waals surface area contributed by atoms with Crippen molar-refractivity contribution in [3.63, 3.8) is 0 Å². The average molecular weight is 379 g/mol. The lowest BCUT2D eigenvalue weighted by atomic mass is 10.0. The van der Waals surface area contributed by atoms with Crippen LogP contribution < -0.4 is 20.1 Å². The standard InChI is InChI=1S/C18H25N3O6/c1-2-3-4-5-14(9-21(25)11-22)18(24)20-10-19-17(23)13-6-7-15-16(8-13)27-12-26-15/h6-8,11,14,25H,2-5,9-10,12H2,1H3,(H,19,23)(H,20,24)/t14-/m1/s1. The number of rotatable bonds is 11. The number of hydrogen-bond acceptors (Lipinski definition) is 6. The van der Waals surface area contributed by atoms with E-state index in [-0.39, 0.29) is 38.2 Å². The van der Waals surface area contributed by atoms with Crippen LogP contribution in [0.2, 0.25) is 0 Å². The third kappa shape index (κ3) is 6.14. The van der Waals surface area contributed by atoms with Crippen LogP contribution in [0.15, 0.2) is 18.2 Å². The molecule has 9 nitrogen and oxygen atoms in total. The molecule has 1 aromatic carbocycles. The number of nitrogens with one attached hydrogen (secondary N) is 2. The topological polar surface area (TPSA) is 117 Å². The Morgan fingerprint density at radius 2 is 2.04 bits per heavy atom. The minimum atomic E-state index is -0.547. The fraction of sp³-hybridized carbons (Fsp3) is 0.500. The molecule has 0 aromatic heterocycles. The second-order valence-corrected chi connectivity index (χ2v) is 6.21. The van der Waals surface area contributed by atoms with Crippen LogP contribution in [0.1, 0.15) is 43.0 Å². The third-order valence-electron chi connectivity index (χ3n) is 4.20. The van der Waals surface area contributed by atoms with Crippen LogP contribution in [-0.4, -0.2) is 48.5 Å². The minimum Gasteiger partial charge on any atom is -0.454 e. The highest BCUT2D eigenvalue weighted by Crippen LogP contribution is 2.32. The smallest absolute Gasteiger partial charge is 0.252 e. The normalized spacial score (nSPS) is 13.0. The Kier molecular flexibility index (Phi) is 7.87. The first kappa shape index (κ1) is 20.5. The van der Waals surface area contributed by atoms with Crippen LogP contribution in [0, 0.1) is 5.92 Å². The summed E-state index contributed by atoms with van der Waals surface area (Å²) in [6, 6.07) is 4.82. The Morgan fingerprint density at radius 1 is 1.26 bits per heavy atom. The lowest BCUT2D eigenvalue weighted by Crippen LogP contribution is -2.43. The van der Waals surface area contributed by atoms with E-state index in [1.807, 2.05) is 6.92 Å². The van der Waals surface area contributed by atoms with Gasteiger partial charge in [0.05, 0.1) is 19.1 Å². The van der Waals surface area contributed by atoms with Crippen LogP contribution in [0.3, 0.4) is 0 Å². The zero-order chi connectivity index (χ0) is 19.6. The highest BCUT2D eigenvalue weighted by atomic mass is 16.7. The molecule has 148 valence electrons. The Morgan fingerprint density at radius 3 is 2.78 bits per heavy atom. The monoisotopic (exact) mass is 379 g/mol. The average Bonchev–Trinajstić information content (AvgIpc) is 3.14. The summed E-state index contributed by atoms with van der Waals surface area (Å²) in [6.45, 7) is 2.01. The summed E-state index contributed by atoms with van der Waals surface area (Å²) in [5.41, 5.74) is 0.385. The molecule has 1 aliphatic rings. The Labute approximate surface area is 157 Å². The molecular formula is C18H25N3O6. The van der Waals surface area contributed by atoms with Gasteiger partial charge >= 0.3 is 0 Å². The molecule has 0 unspecified atom stereocenters. The van der Waals surface area contributed by atoms with E-state index < -0.39 is 5.92 Å². The van der Waals surface area contributed by atoms with Crippen molar-refractivity contribution in [2.75, 3.05) is 20.0 Å². The van der Waals surface area contributed by atoms with Gasteiger partial charge in [-0.25, -0.2) is 5.06 Å². The Bertz CT molecular complexity index is 666. The van der Waals surface area contributed by atoms with E-state index in [1.165, 1.54) is 0 Å². The van der Waals surface area contributed by atoms with Crippen LogP contribution in [0.5, 0.6) is 11.5 Å². The first-order valence-electron chi connectivity index (χ1n) is 8.91. The van der Waals surface area contributed by atoms with E-state index in [9.17, 15) is 19.6 Å². The number of hydrogen-bond donors (Lipinski definition) is 3. The molecule has 0 aliphatic carbocycles. The van der Waals surface area contributed by atoms with Crippen LogP contribution >= 0.6 is 0 Å². The fourth-order valence-corrected chi connectivity index (χ4v) is 2.71. The second-order valence-electron chi connectivity index (χ2n) is 6.21. The molecule has 2 rings (SSSR count). The van der Waals surface area contributed by atoms with Crippen molar-refractivity contribution < 1.29 is 29.1 Å². The highest BCUT2D eigenvalue weighted by molar-refractivity contribution is 5.95. The first-order chi connectivity index (χ1) is 13.0. The van der Waals surface area contributed by atoms with Gasteiger partial charge < -0.3 is 20.1 Å². The van der Waals surface area contributed by atoms with Crippen LogP contribution in [0.4, 0.5) is 0 Å². The SMILES string of the molecule is CCCCC[C@H](CN(O)C=O)C(=O)NCNC(=O)c1ccc2c(c1)OCO2. The van der Waals surface area contributed by atoms with Gasteiger partial charge in [0, 0.05) is 5.56 Å². The van der Waals surface area contributed by atoms with Gasteiger partial charge in [-0.15, -0.1) is 0 Å². The van der Waals surface area contributed by atoms with Gasteiger partial charge in [-0.05, 0) is 24.6 Å². The summed E-state index contributed by atoms with van der Waals surface area (Å²) in [5.74, 6) is -0.168. The quantitative estimate of drug-likeness (QED) is 0.175. The maximum atomic E-state index is 12.3. The molecule has 1 aliphatic heterocycles. The number of benzene rings is 1. The molecule has 0 saturated carbocycles. The summed E-state index contributed by atoms with van der Waals surface area (Å²) in [4.78, 5) is 35.1. The molecule has 0 spiro atoms. The van der Waals surface area contributed by atoms with E-state index in [0.717, 1.165) is 19.3 Å². The molecule has 27 heavy (non-hydrogen) atoms. The van der Waals surface area contributed by atoms with E-state index >= 15 is 0 Å². The van der Waals surface area contributed by atoms with Crippen molar-refractivity contribution in [1.82, 2.24) is 15.7 Å². The van der Waals surface area contributed by atoms with E-state index in [1.54, 1.807) is 18.2 Å². The van der Waals surface area contributed by atoms with E-state index in [4.69, 9.17) is 9.47 Å². The zero-order valence-electron chi connectivity index (χ0n) is 15.3. The predicted octanol–water partition coefficient (Wildman–Crippen LogP) is 1.26. The number of ether oxygens (including phenoxy) is 2. The molecule has 3 amide bonds. The Hall–Kier alpha value is -2.81. The summed E-state index contributed by atoms with van der Waals surface area (Å²) in [5, 5.41) is 15.0. The number of hydroxylamine groups is 2. The van der Waals surface area contributed by atoms with Crippen molar-refractivity contribution >= 4 is 18.2 Å². The molecule has 0 radical (unpaired) electrons. The summed E-state index contributed by atoms with van der Waals surface area (Å²) < 4.78 is 10.4. The first-order valence-corrected chi connectivity index (χ1v) is 8.91. The lowest BCUT2D eigenvalue weighted by Gasteiger charge is -2.19. The fourth-order valence-electron chi connectivity index (χ4n) is 2.71. The molecule has 1 aromatic rings. The molecule has 0 fully saturated rings. The largest absolute Gasteiger partial charge is 0.454 e. The lowest BCUT2D eigenvalue weighted by molar-refractivity contribution is -0.154. The predicted molar refractivity (Wildman–Crippen MR) is 95.2 cm³/mol. The molecule has 3 N–H and O–H groups in total. The van der Waals surface area contributed by atoms with Crippen molar-refractivity contribution in [2.45, 2.75) is 32.6 Å². The number of unbranched alkanes of at least 4 members (excludes halogenated alkanes) is 2. The van der Waals surface area contributed by atoms with Crippen molar-refractivity contribution in [2.24, 2.45) is 5.92 Å².